The maximum atomic E-state index is 6.75. The summed E-state index contributed by atoms with van der Waals surface area (Å²) in [6.07, 6.45) is 8.25. The van der Waals surface area contributed by atoms with E-state index < -0.39 is 0 Å². The first kappa shape index (κ1) is 40.0. The van der Waals surface area contributed by atoms with Crippen LogP contribution in [-0.2, 0) is 46.7 Å². The SMILES string of the molecule is CC(C)c1cccc(C(C)C)c1-c1ccc2c(c1)c1cccnc1n2-c1[c-]c(Oc2[c-]c(-c3ccccn3)cc(-c3ccc4c(c3)CC3(Cc5ccccc5C3)C4)c2)ccc1.[Pt+2]. The molecule has 62 heavy (non-hydrogen) atoms. The first-order valence-corrected chi connectivity index (χ1v) is 21.7. The molecule has 5 heteroatoms. The third-order valence-corrected chi connectivity index (χ3v) is 13.1. The molecular formula is C57H47N3OPt. The summed E-state index contributed by atoms with van der Waals surface area (Å²) < 4.78 is 8.95. The fraction of sp³-hybridized carbons (Fsp3) is 0.193. The molecule has 1 spiro atoms. The Hall–Kier alpha value is -6.09. The van der Waals surface area contributed by atoms with Gasteiger partial charge >= 0.3 is 21.1 Å². The van der Waals surface area contributed by atoms with Crippen LogP contribution in [0.15, 0.2) is 152 Å². The molecule has 11 rings (SSSR count). The fourth-order valence-electron chi connectivity index (χ4n) is 10.3. The van der Waals surface area contributed by atoms with Gasteiger partial charge in [0.1, 0.15) is 5.65 Å². The van der Waals surface area contributed by atoms with Crippen molar-refractivity contribution in [3.8, 4) is 50.7 Å². The predicted octanol–water partition coefficient (Wildman–Crippen LogP) is 14.1. The summed E-state index contributed by atoms with van der Waals surface area (Å²) in [7, 11) is 0. The van der Waals surface area contributed by atoms with Crippen LogP contribution in [0.2, 0.25) is 0 Å². The van der Waals surface area contributed by atoms with Gasteiger partial charge in [-0.2, -0.15) is 6.07 Å². The van der Waals surface area contributed by atoms with E-state index in [-0.39, 0.29) is 26.5 Å². The first-order chi connectivity index (χ1) is 29.8. The second-order valence-electron chi connectivity index (χ2n) is 17.9. The Balaban J connectivity index is 0.00000458. The number of fused-ring (bicyclic) bond motifs is 5. The fourth-order valence-corrected chi connectivity index (χ4v) is 10.3. The largest absolute Gasteiger partial charge is 2.00 e. The van der Waals surface area contributed by atoms with Crippen molar-refractivity contribution >= 4 is 21.9 Å². The van der Waals surface area contributed by atoms with Crippen molar-refractivity contribution < 1.29 is 25.8 Å². The molecule has 2 aliphatic carbocycles. The molecule has 0 N–H and O–H groups in total. The van der Waals surface area contributed by atoms with Crippen molar-refractivity contribution in [2.45, 2.75) is 65.2 Å². The van der Waals surface area contributed by atoms with Gasteiger partial charge in [-0.3, -0.25) is 0 Å². The van der Waals surface area contributed by atoms with Crippen LogP contribution in [0.4, 0.5) is 0 Å². The van der Waals surface area contributed by atoms with Crippen molar-refractivity contribution in [3.05, 3.63) is 197 Å². The van der Waals surface area contributed by atoms with Gasteiger partial charge in [0.05, 0.1) is 5.52 Å². The Morgan fingerprint density at radius 2 is 1.24 bits per heavy atom. The molecule has 6 aromatic carbocycles. The second kappa shape index (κ2) is 16.0. The molecule has 306 valence electrons. The van der Waals surface area contributed by atoms with Crippen LogP contribution in [-0.4, -0.2) is 14.5 Å². The summed E-state index contributed by atoms with van der Waals surface area (Å²) >= 11 is 0. The molecule has 0 saturated carbocycles. The van der Waals surface area contributed by atoms with Gasteiger partial charge in [0.2, 0.25) is 0 Å². The normalized spacial score (nSPS) is 13.8. The molecular weight excluding hydrogens is 938 g/mol. The summed E-state index contributed by atoms with van der Waals surface area (Å²) in [4.78, 5) is 9.65. The van der Waals surface area contributed by atoms with E-state index in [2.05, 4.69) is 148 Å². The Labute approximate surface area is 379 Å². The van der Waals surface area contributed by atoms with Crippen molar-refractivity contribution in [2.75, 3.05) is 0 Å². The number of hydrogen-bond acceptors (Lipinski definition) is 3. The summed E-state index contributed by atoms with van der Waals surface area (Å²) in [6.45, 7) is 9.14. The summed E-state index contributed by atoms with van der Waals surface area (Å²) in [6, 6.07) is 57.4. The summed E-state index contributed by atoms with van der Waals surface area (Å²) in [5.41, 5.74) is 18.4. The van der Waals surface area contributed by atoms with Crippen LogP contribution in [0.3, 0.4) is 0 Å². The molecule has 0 unspecified atom stereocenters. The predicted molar refractivity (Wildman–Crippen MR) is 249 cm³/mol. The molecule has 2 aliphatic rings. The molecule has 0 aliphatic heterocycles. The number of aromatic nitrogens is 3. The van der Waals surface area contributed by atoms with Crippen LogP contribution in [0, 0.1) is 17.5 Å². The minimum atomic E-state index is 0. The topological polar surface area (TPSA) is 39.9 Å². The quantitative estimate of drug-likeness (QED) is 0.142. The zero-order valence-corrected chi connectivity index (χ0v) is 37.8. The van der Waals surface area contributed by atoms with Gasteiger partial charge in [-0.05, 0) is 129 Å². The molecule has 0 saturated heterocycles. The van der Waals surface area contributed by atoms with Gasteiger partial charge in [-0.15, -0.1) is 29.8 Å². The van der Waals surface area contributed by atoms with E-state index in [0.29, 0.717) is 23.3 Å². The third kappa shape index (κ3) is 7.09. The van der Waals surface area contributed by atoms with Gasteiger partial charge in [-0.25, -0.2) is 4.98 Å². The summed E-state index contributed by atoms with van der Waals surface area (Å²) in [5, 5.41) is 2.26. The van der Waals surface area contributed by atoms with Gasteiger partial charge in [-0.1, -0.05) is 130 Å². The van der Waals surface area contributed by atoms with Crippen LogP contribution in [0.25, 0.3) is 61.1 Å². The van der Waals surface area contributed by atoms with E-state index in [4.69, 9.17) is 14.7 Å². The Morgan fingerprint density at radius 3 is 1.98 bits per heavy atom. The number of pyridine rings is 2. The summed E-state index contributed by atoms with van der Waals surface area (Å²) in [5.74, 6) is 2.02. The van der Waals surface area contributed by atoms with Crippen LogP contribution < -0.4 is 4.74 Å². The van der Waals surface area contributed by atoms with Gasteiger partial charge in [0.15, 0.2) is 0 Å². The van der Waals surface area contributed by atoms with Crippen LogP contribution in [0.1, 0.15) is 72.9 Å². The monoisotopic (exact) mass is 984 g/mol. The molecule has 0 atom stereocenters. The van der Waals surface area contributed by atoms with E-state index in [1.807, 2.05) is 48.8 Å². The molecule has 0 fully saturated rings. The van der Waals surface area contributed by atoms with Crippen molar-refractivity contribution in [3.63, 3.8) is 0 Å². The molecule has 3 aromatic heterocycles. The maximum absolute atomic E-state index is 6.75. The standard InChI is InChI=1S/C57H47N3O.Pt/c1-36(2)49-16-10-17-50(37(3)4)55(49)39-22-23-54-52(30-39)51-18-11-25-59-56(51)60(54)46-14-9-15-47(31-46)61-48-28-43(27-44(29-48)53-19-7-8-24-58-53)38-20-21-42-34-57(35-45(42)26-38)32-40-12-5-6-13-41(40)33-57;/h5-28,30,36-37H,32-35H2,1-4H3;/q-2;+2. The van der Waals surface area contributed by atoms with E-state index in [0.717, 1.165) is 70.1 Å². The molecule has 0 bridgehead atoms. The van der Waals surface area contributed by atoms with Gasteiger partial charge in [0.25, 0.3) is 0 Å². The number of hydrogen-bond donors (Lipinski definition) is 0. The van der Waals surface area contributed by atoms with Crippen LogP contribution in [0.5, 0.6) is 11.5 Å². The van der Waals surface area contributed by atoms with Crippen LogP contribution >= 0.6 is 0 Å². The Bertz CT molecular complexity index is 3090. The zero-order valence-electron chi connectivity index (χ0n) is 35.5. The number of nitrogens with zero attached hydrogens (tertiary/aromatic N) is 3. The first-order valence-electron chi connectivity index (χ1n) is 21.7. The van der Waals surface area contributed by atoms with Gasteiger partial charge in [0, 0.05) is 34.7 Å². The molecule has 0 amide bonds. The molecule has 3 heterocycles. The Kier molecular flexibility index (Phi) is 10.3. The average Bonchev–Trinajstić information content (AvgIpc) is 3.95. The zero-order chi connectivity index (χ0) is 41.2. The van der Waals surface area contributed by atoms with E-state index in [1.54, 1.807) is 0 Å². The maximum Gasteiger partial charge on any atom is 2.00 e. The third-order valence-electron chi connectivity index (χ3n) is 13.1. The molecule has 0 radical (unpaired) electrons. The van der Waals surface area contributed by atoms with Crippen molar-refractivity contribution in [2.24, 2.45) is 5.41 Å². The van der Waals surface area contributed by atoms with Crippen molar-refractivity contribution in [1.82, 2.24) is 14.5 Å². The molecule has 4 nitrogen and oxygen atoms in total. The average molecular weight is 985 g/mol. The second-order valence-corrected chi connectivity index (χ2v) is 17.9. The number of benzene rings is 6. The van der Waals surface area contributed by atoms with Crippen molar-refractivity contribution in [1.29, 1.82) is 0 Å². The van der Waals surface area contributed by atoms with E-state index in [9.17, 15) is 0 Å². The Morgan fingerprint density at radius 1 is 0.548 bits per heavy atom. The smallest absolute Gasteiger partial charge is 0.503 e. The molecule has 9 aromatic rings. The number of ether oxygens (including phenoxy) is 1. The van der Waals surface area contributed by atoms with Gasteiger partial charge < -0.3 is 14.3 Å². The minimum Gasteiger partial charge on any atom is -0.503 e. The number of rotatable bonds is 8. The van der Waals surface area contributed by atoms with E-state index in [1.165, 1.54) is 50.1 Å². The minimum absolute atomic E-state index is 0. The van der Waals surface area contributed by atoms with E-state index >= 15 is 0 Å².